The maximum atomic E-state index is 4.29. The van der Waals surface area contributed by atoms with Gasteiger partial charge in [0.05, 0.1) is 0 Å². The molecule has 8 heteroatoms. The van der Waals surface area contributed by atoms with Crippen LogP contribution in [0.5, 0.6) is 0 Å². The van der Waals surface area contributed by atoms with Gasteiger partial charge in [-0.15, -0.1) is 16.4 Å². The average Bonchev–Trinajstić information content (AvgIpc) is 2.85. The first-order valence-electron chi connectivity index (χ1n) is 4.85. The van der Waals surface area contributed by atoms with E-state index < -0.39 is 0 Å². The summed E-state index contributed by atoms with van der Waals surface area (Å²) in [6, 6.07) is 2.09. The third-order valence-corrected chi connectivity index (χ3v) is 4.19. The molecule has 0 aliphatic carbocycles. The second-order valence-corrected chi connectivity index (χ2v) is 5.63. The van der Waals surface area contributed by atoms with E-state index in [-0.39, 0.29) is 0 Å². The minimum atomic E-state index is 0.717. The summed E-state index contributed by atoms with van der Waals surface area (Å²) in [7, 11) is 1.81. The second-order valence-electron chi connectivity index (χ2n) is 3.44. The molecule has 0 aliphatic rings. The molecular weight excluding hydrogens is 256 g/mol. The summed E-state index contributed by atoms with van der Waals surface area (Å²) in [6.45, 7) is 2.06. The highest BCUT2D eigenvalue weighted by atomic mass is 32.2. The van der Waals surface area contributed by atoms with E-state index in [1.54, 1.807) is 29.4 Å². The number of tetrazole rings is 1. The molecule has 0 fully saturated rings. The van der Waals surface area contributed by atoms with Crippen molar-refractivity contribution in [2.75, 3.05) is 0 Å². The molecule has 3 heterocycles. The van der Waals surface area contributed by atoms with Gasteiger partial charge in [-0.25, -0.2) is 14.6 Å². The van der Waals surface area contributed by atoms with Gasteiger partial charge in [0.2, 0.25) is 5.16 Å². The Kier molecular flexibility index (Phi) is 2.52. The molecule has 0 aromatic carbocycles. The Bertz CT molecular complexity index is 673. The van der Waals surface area contributed by atoms with Crippen molar-refractivity contribution in [1.82, 2.24) is 30.2 Å². The van der Waals surface area contributed by atoms with Gasteiger partial charge in [-0.3, -0.25) is 0 Å². The number of thiophene rings is 1. The molecule has 17 heavy (non-hydrogen) atoms. The lowest BCUT2D eigenvalue weighted by atomic mass is 10.4. The van der Waals surface area contributed by atoms with E-state index in [0.717, 1.165) is 15.2 Å². The van der Waals surface area contributed by atoms with E-state index in [2.05, 4.69) is 38.5 Å². The summed E-state index contributed by atoms with van der Waals surface area (Å²) < 4.78 is 1.62. The van der Waals surface area contributed by atoms with Crippen LogP contribution in [0.3, 0.4) is 0 Å². The Morgan fingerprint density at radius 2 is 2.24 bits per heavy atom. The molecule has 0 saturated heterocycles. The van der Waals surface area contributed by atoms with E-state index in [4.69, 9.17) is 0 Å². The number of rotatable bonds is 2. The van der Waals surface area contributed by atoms with Crippen LogP contribution in [-0.4, -0.2) is 30.2 Å². The third-order valence-electron chi connectivity index (χ3n) is 2.19. The van der Waals surface area contributed by atoms with Crippen molar-refractivity contribution >= 4 is 33.3 Å². The molecule has 3 rings (SSSR count). The quantitative estimate of drug-likeness (QED) is 0.656. The van der Waals surface area contributed by atoms with E-state index in [1.165, 1.54) is 16.6 Å². The number of hydrogen-bond acceptors (Lipinski definition) is 7. The van der Waals surface area contributed by atoms with Crippen LogP contribution < -0.4 is 0 Å². The monoisotopic (exact) mass is 264 g/mol. The van der Waals surface area contributed by atoms with Crippen LogP contribution in [0, 0.1) is 6.92 Å². The first-order valence-corrected chi connectivity index (χ1v) is 6.48. The van der Waals surface area contributed by atoms with Crippen LogP contribution in [0.4, 0.5) is 0 Å². The molecule has 0 aliphatic heterocycles. The molecule has 3 aromatic rings. The Hall–Kier alpha value is -1.54. The second kappa shape index (κ2) is 4.04. The van der Waals surface area contributed by atoms with Crippen LogP contribution in [0.2, 0.25) is 0 Å². The summed E-state index contributed by atoms with van der Waals surface area (Å²) in [6.07, 6.45) is 1.57. The maximum absolute atomic E-state index is 4.29. The number of hydrogen-bond donors (Lipinski definition) is 0. The van der Waals surface area contributed by atoms with Gasteiger partial charge in [-0.2, -0.15) is 0 Å². The van der Waals surface area contributed by atoms with Gasteiger partial charge in [0, 0.05) is 17.3 Å². The molecule has 0 atom stereocenters. The van der Waals surface area contributed by atoms with Crippen LogP contribution in [-0.2, 0) is 7.05 Å². The molecule has 0 unspecified atom stereocenters. The van der Waals surface area contributed by atoms with Gasteiger partial charge in [-0.05, 0) is 35.2 Å². The van der Waals surface area contributed by atoms with Crippen molar-refractivity contribution in [2.24, 2.45) is 7.05 Å². The van der Waals surface area contributed by atoms with Gasteiger partial charge in [0.15, 0.2) is 0 Å². The number of aryl methyl sites for hydroxylation is 2. The first kappa shape index (κ1) is 10.6. The summed E-state index contributed by atoms with van der Waals surface area (Å²) in [5.41, 5.74) is 0. The Labute approximate surface area is 105 Å². The Morgan fingerprint density at radius 1 is 1.35 bits per heavy atom. The highest BCUT2D eigenvalue weighted by molar-refractivity contribution is 7.99. The predicted octanol–water partition coefficient (Wildman–Crippen LogP) is 1.67. The summed E-state index contributed by atoms with van der Waals surface area (Å²) in [5.74, 6) is 0. The number of nitrogens with zero attached hydrogens (tertiary/aromatic N) is 6. The topological polar surface area (TPSA) is 69.4 Å². The van der Waals surface area contributed by atoms with Crippen molar-refractivity contribution < 1.29 is 0 Å². The zero-order valence-electron chi connectivity index (χ0n) is 9.15. The Morgan fingerprint density at radius 3 is 3.00 bits per heavy atom. The molecule has 0 bridgehead atoms. The highest BCUT2D eigenvalue weighted by Crippen LogP contribution is 2.32. The molecule has 6 nitrogen and oxygen atoms in total. The molecular formula is C9H8N6S2. The summed E-state index contributed by atoms with van der Waals surface area (Å²) >= 11 is 3.11. The first-order chi connectivity index (χ1) is 8.24. The van der Waals surface area contributed by atoms with Crippen molar-refractivity contribution in [2.45, 2.75) is 17.1 Å². The van der Waals surface area contributed by atoms with Gasteiger partial charge in [-0.1, -0.05) is 0 Å². The maximum Gasteiger partial charge on any atom is 0.215 e. The van der Waals surface area contributed by atoms with Gasteiger partial charge >= 0.3 is 0 Å². The van der Waals surface area contributed by atoms with E-state index >= 15 is 0 Å². The largest absolute Gasteiger partial charge is 0.229 e. The van der Waals surface area contributed by atoms with Crippen molar-refractivity contribution in [3.8, 4) is 0 Å². The lowest BCUT2D eigenvalue weighted by Gasteiger charge is -1.99. The van der Waals surface area contributed by atoms with E-state index in [0.29, 0.717) is 5.16 Å². The fourth-order valence-corrected chi connectivity index (χ4v) is 3.13. The third kappa shape index (κ3) is 1.89. The van der Waals surface area contributed by atoms with Crippen LogP contribution in [0.25, 0.3) is 10.2 Å². The SMILES string of the molecule is Cc1cc2c(Sc3nnnn3C)ncnc2s1. The number of fused-ring (bicyclic) bond motifs is 1. The molecule has 0 radical (unpaired) electrons. The molecule has 3 aromatic heterocycles. The van der Waals surface area contributed by atoms with E-state index in [9.17, 15) is 0 Å². The van der Waals surface area contributed by atoms with Gasteiger partial charge < -0.3 is 0 Å². The van der Waals surface area contributed by atoms with Gasteiger partial charge in [0.25, 0.3) is 0 Å². The number of aromatic nitrogens is 6. The lowest BCUT2D eigenvalue weighted by Crippen LogP contribution is -1.93. The summed E-state index contributed by atoms with van der Waals surface area (Å²) in [5, 5.41) is 14.0. The van der Waals surface area contributed by atoms with Gasteiger partial charge in [0.1, 0.15) is 16.2 Å². The zero-order valence-corrected chi connectivity index (χ0v) is 10.8. The van der Waals surface area contributed by atoms with Crippen molar-refractivity contribution in [3.05, 3.63) is 17.3 Å². The van der Waals surface area contributed by atoms with Crippen LogP contribution >= 0.6 is 23.1 Å². The average molecular weight is 264 g/mol. The van der Waals surface area contributed by atoms with Crippen LogP contribution in [0.15, 0.2) is 22.6 Å². The standard InChI is InChI=1S/C9H8N6S2/c1-5-3-6-7(16-5)10-4-11-8(6)17-9-12-13-14-15(9)2/h3-4H,1-2H3. The molecule has 0 N–H and O–H groups in total. The fraction of sp³-hybridized carbons (Fsp3) is 0.222. The highest BCUT2D eigenvalue weighted by Gasteiger charge is 2.11. The minimum Gasteiger partial charge on any atom is -0.229 e. The smallest absolute Gasteiger partial charge is 0.215 e. The van der Waals surface area contributed by atoms with E-state index in [1.807, 2.05) is 0 Å². The fourth-order valence-electron chi connectivity index (χ4n) is 1.43. The lowest BCUT2D eigenvalue weighted by molar-refractivity contribution is 0.664. The molecule has 0 amide bonds. The van der Waals surface area contributed by atoms with Crippen molar-refractivity contribution in [1.29, 1.82) is 0 Å². The molecule has 0 spiro atoms. The minimum absolute atomic E-state index is 0.717. The zero-order chi connectivity index (χ0) is 11.8. The Balaban J connectivity index is 2.08. The molecule has 0 saturated carbocycles. The molecule has 86 valence electrons. The van der Waals surface area contributed by atoms with Crippen molar-refractivity contribution in [3.63, 3.8) is 0 Å². The summed E-state index contributed by atoms with van der Waals surface area (Å²) in [4.78, 5) is 10.8. The predicted molar refractivity (Wildman–Crippen MR) is 65.1 cm³/mol. The normalized spacial score (nSPS) is 11.2. The van der Waals surface area contributed by atoms with Crippen LogP contribution in [0.1, 0.15) is 4.88 Å².